The molecule has 21 heavy (non-hydrogen) atoms. The quantitative estimate of drug-likeness (QED) is 0.631. The molecule has 0 aromatic heterocycles. The molecule has 2 aromatic rings. The van der Waals surface area contributed by atoms with Crippen LogP contribution in [0, 0.1) is 0 Å². The Kier molecular flexibility index (Phi) is 5.02. The Balaban J connectivity index is 1.85. The first-order chi connectivity index (χ1) is 9.94. The fraction of sp³-hybridized carbons (Fsp3) is 0.200. The molecule has 5 nitrogen and oxygen atoms in total. The Morgan fingerprint density at radius 3 is 1.48 bits per heavy atom. The van der Waals surface area contributed by atoms with Gasteiger partial charge in [-0.15, -0.1) is 0 Å². The zero-order valence-electron chi connectivity index (χ0n) is 11.9. The summed E-state index contributed by atoms with van der Waals surface area (Å²) < 4.78 is 22.9. The highest BCUT2D eigenvalue weighted by Crippen LogP contribution is 2.45. The summed E-state index contributed by atoms with van der Waals surface area (Å²) in [6, 6.07) is 14.4. The molecule has 0 atom stereocenters. The highest BCUT2D eigenvalue weighted by atomic mass is 31.2. The number of hydrogen-bond donors (Lipinski definition) is 2. The molecule has 0 aliphatic heterocycles. The van der Waals surface area contributed by atoms with Crippen molar-refractivity contribution in [2.24, 2.45) is 0 Å². The van der Waals surface area contributed by atoms with Crippen LogP contribution in [-0.2, 0) is 26.8 Å². The molecule has 0 saturated heterocycles. The van der Waals surface area contributed by atoms with Gasteiger partial charge in [-0.05, 0) is 35.4 Å². The molecule has 0 heterocycles. The molecule has 0 fully saturated rings. The van der Waals surface area contributed by atoms with E-state index in [1.165, 1.54) is 6.66 Å². The number of benzene rings is 2. The molecular formula is C15H19N2O3P. The standard InChI is InChI=1S/C15H19N2O3P/c1-21(18,19-10-12-2-6-14(16)7-3-12)20-11-13-4-8-15(17)9-5-13/h2-9H,10-11,16-17H2,1H3. The predicted molar refractivity (Wildman–Crippen MR) is 84.8 cm³/mol. The minimum Gasteiger partial charge on any atom is -0.399 e. The first-order valence-electron chi connectivity index (χ1n) is 6.50. The molecule has 0 bridgehead atoms. The topological polar surface area (TPSA) is 87.6 Å². The lowest BCUT2D eigenvalue weighted by Gasteiger charge is -2.14. The third-order valence-electron chi connectivity index (χ3n) is 2.89. The van der Waals surface area contributed by atoms with Crippen LogP contribution in [0.5, 0.6) is 0 Å². The zero-order valence-corrected chi connectivity index (χ0v) is 12.8. The van der Waals surface area contributed by atoms with Crippen molar-refractivity contribution in [3.8, 4) is 0 Å². The monoisotopic (exact) mass is 306 g/mol. The van der Waals surface area contributed by atoms with Gasteiger partial charge in [0.05, 0.1) is 13.2 Å². The van der Waals surface area contributed by atoms with E-state index in [1.54, 1.807) is 24.3 Å². The van der Waals surface area contributed by atoms with Gasteiger partial charge in [-0.1, -0.05) is 24.3 Å². The molecule has 0 radical (unpaired) electrons. The highest BCUT2D eigenvalue weighted by Gasteiger charge is 2.17. The van der Waals surface area contributed by atoms with Gasteiger partial charge in [0.15, 0.2) is 0 Å². The van der Waals surface area contributed by atoms with Crippen LogP contribution < -0.4 is 11.5 Å². The summed E-state index contributed by atoms with van der Waals surface area (Å²) in [7, 11) is -3.11. The van der Waals surface area contributed by atoms with Crippen molar-refractivity contribution in [3.63, 3.8) is 0 Å². The van der Waals surface area contributed by atoms with Crippen LogP contribution in [0.25, 0.3) is 0 Å². The molecule has 6 heteroatoms. The van der Waals surface area contributed by atoms with Crippen molar-refractivity contribution in [2.75, 3.05) is 18.1 Å². The van der Waals surface area contributed by atoms with E-state index in [1.807, 2.05) is 24.3 Å². The van der Waals surface area contributed by atoms with Gasteiger partial charge < -0.3 is 20.5 Å². The maximum atomic E-state index is 12.2. The average molecular weight is 306 g/mol. The van der Waals surface area contributed by atoms with Crippen molar-refractivity contribution < 1.29 is 13.6 Å². The third-order valence-corrected chi connectivity index (χ3v) is 4.09. The van der Waals surface area contributed by atoms with Crippen LogP contribution in [0.4, 0.5) is 11.4 Å². The largest absolute Gasteiger partial charge is 0.399 e. The van der Waals surface area contributed by atoms with E-state index < -0.39 is 7.60 Å². The van der Waals surface area contributed by atoms with Crippen LogP contribution in [-0.4, -0.2) is 6.66 Å². The fourth-order valence-corrected chi connectivity index (χ4v) is 2.49. The van der Waals surface area contributed by atoms with Gasteiger partial charge in [0, 0.05) is 18.0 Å². The second kappa shape index (κ2) is 6.76. The van der Waals surface area contributed by atoms with Gasteiger partial charge in [-0.2, -0.15) is 0 Å². The Hall–Kier alpha value is -1.81. The summed E-state index contributed by atoms with van der Waals surface area (Å²) >= 11 is 0. The van der Waals surface area contributed by atoms with Crippen LogP contribution in [0.1, 0.15) is 11.1 Å². The van der Waals surface area contributed by atoms with Gasteiger partial charge in [0.1, 0.15) is 0 Å². The summed E-state index contributed by atoms with van der Waals surface area (Å²) in [5.74, 6) is 0. The van der Waals surface area contributed by atoms with Crippen molar-refractivity contribution in [2.45, 2.75) is 13.2 Å². The van der Waals surface area contributed by atoms with Crippen LogP contribution in [0.2, 0.25) is 0 Å². The number of nitrogens with two attached hydrogens (primary N) is 2. The molecule has 0 aliphatic carbocycles. The minimum absolute atomic E-state index is 0.218. The molecule has 112 valence electrons. The molecule has 0 unspecified atom stereocenters. The third kappa shape index (κ3) is 5.23. The molecule has 2 aromatic carbocycles. The van der Waals surface area contributed by atoms with Crippen molar-refractivity contribution in [3.05, 3.63) is 59.7 Å². The summed E-state index contributed by atoms with van der Waals surface area (Å²) in [6.07, 6.45) is 0. The fourth-order valence-electron chi connectivity index (χ4n) is 1.65. The first kappa shape index (κ1) is 15.6. The Morgan fingerprint density at radius 2 is 1.14 bits per heavy atom. The van der Waals surface area contributed by atoms with E-state index in [2.05, 4.69) is 0 Å². The molecule has 0 saturated carbocycles. The van der Waals surface area contributed by atoms with E-state index >= 15 is 0 Å². The van der Waals surface area contributed by atoms with Gasteiger partial charge >= 0.3 is 7.60 Å². The second-order valence-corrected chi connectivity index (χ2v) is 6.86. The van der Waals surface area contributed by atoms with Crippen LogP contribution in [0.15, 0.2) is 48.5 Å². The predicted octanol–water partition coefficient (Wildman–Crippen LogP) is 3.41. The summed E-state index contributed by atoms with van der Waals surface area (Å²) in [4.78, 5) is 0. The van der Waals surface area contributed by atoms with Crippen molar-refractivity contribution in [1.82, 2.24) is 0 Å². The maximum absolute atomic E-state index is 12.2. The van der Waals surface area contributed by atoms with Crippen LogP contribution >= 0.6 is 7.60 Å². The minimum atomic E-state index is -3.11. The normalized spacial score (nSPS) is 11.5. The van der Waals surface area contributed by atoms with Gasteiger partial charge in [-0.3, -0.25) is 4.57 Å². The molecule has 0 amide bonds. The molecule has 0 spiro atoms. The van der Waals surface area contributed by atoms with E-state index in [0.717, 1.165) is 11.1 Å². The summed E-state index contributed by atoms with van der Waals surface area (Å²) in [5, 5.41) is 0. The van der Waals surface area contributed by atoms with Crippen LogP contribution in [0.3, 0.4) is 0 Å². The zero-order chi connectivity index (χ0) is 15.3. The Morgan fingerprint density at radius 1 is 0.810 bits per heavy atom. The number of hydrogen-bond acceptors (Lipinski definition) is 5. The van der Waals surface area contributed by atoms with Gasteiger partial charge in [-0.25, -0.2) is 0 Å². The molecule has 4 N–H and O–H groups in total. The lowest BCUT2D eigenvalue weighted by molar-refractivity contribution is 0.196. The lowest BCUT2D eigenvalue weighted by atomic mass is 10.2. The first-order valence-corrected chi connectivity index (χ1v) is 8.49. The smallest absolute Gasteiger partial charge is 0.328 e. The average Bonchev–Trinajstić information content (AvgIpc) is 2.46. The lowest BCUT2D eigenvalue weighted by Crippen LogP contribution is -1.97. The summed E-state index contributed by atoms with van der Waals surface area (Å²) in [5.41, 5.74) is 14.3. The van der Waals surface area contributed by atoms with Crippen molar-refractivity contribution in [1.29, 1.82) is 0 Å². The highest BCUT2D eigenvalue weighted by molar-refractivity contribution is 7.52. The molecular weight excluding hydrogens is 287 g/mol. The van der Waals surface area contributed by atoms with E-state index in [-0.39, 0.29) is 13.2 Å². The Bertz CT molecular complexity index is 573. The van der Waals surface area contributed by atoms with Gasteiger partial charge in [0.25, 0.3) is 0 Å². The van der Waals surface area contributed by atoms with Crippen molar-refractivity contribution >= 4 is 19.0 Å². The maximum Gasteiger partial charge on any atom is 0.328 e. The summed E-state index contributed by atoms with van der Waals surface area (Å²) in [6.45, 7) is 1.90. The number of rotatable bonds is 6. The Labute approximate surface area is 124 Å². The number of nitrogen functional groups attached to an aromatic ring is 2. The second-order valence-electron chi connectivity index (χ2n) is 4.80. The van der Waals surface area contributed by atoms with E-state index in [4.69, 9.17) is 20.5 Å². The van der Waals surface area contributed by atoms with Gasteiger partial charge in [0.2, 0.25) is 0 Å². The SMILES string of the molecule is CP(=O)(OCc1ccc(N)cc1)OCc1ccc(N)cc1. The molecule has 0 aliphatic rings. The molecule has 2 rings (SSSR count). The van der Waals surface area contributed by atoms with E-state index in [9.17, 15) is 4.57 Å². The number of anilines is 2. The van der Waals surface area contributed by atoms with E-state index in [0.29, 0.717) is 11.4 Å².